The summed E-state index contributed by atoms with van der Waals surface area (Å²) in [5.41, 5.74) is 8.04. The summed E-state index contributed by atoms with van der Waals surface area (Å²) in [5.74, 6) is -1.07. The molecular weight excluding hydrogens is 254 g/mol. The minimum absolute atomic E-state index is 0.0609. The van der Waals surface area contributed by atoms with Crippen LogP contribution in [0.15, 0.2) is 42.5 Å². The predicted molar refractivity (Wildman–Crippen MR) is 77.0 cm³/mol. The van der Waals surface area contributed by atoms with E-state index in [2.05, 4.69) is 6.07 Å². The summed E-state index contributed by atoms with van der Waals surface area (Å²) in [6.07, 6.45) is 0. The third-order valence-electron chi connectivity index (χ3n) is 3.04. The number of hydrogen-bond acceptors (Lipinski definition) is 4. The first-order valence-corrected chi connectivity index (χ1v) is 5.90. The van der Waals surface area contributed by atoms with Crippen molar-refractivity contribution >= 4 is 23.0 Å². The van der Waals surface area contributed by atoms with Crippen LogP contribution in [0.4, 0.5) is 17.1 Å². The average Bonchev–Trinajstić information content (AvgIpc) is 2.46. The number of carboxylic acid groups (broad SMARTS) is 1. The fourth-order valence-corrected chi connectivity index (χ4v) is 1.96. The first-order valence-electron chi connectivity index (χ1n) is 5.90. The van der Waals surface area contributed by atoms with Gasteiger partial charge in [0, 0.05) is 12.7 Å². The van der Waals surface area contributed by atoms with Crippen molar-refractivity contribution in [2.24, 2.45) is 0 Å². The SMILES string of the molecule is CN(c1cccc(C#N)c1)c1cccc(C(=O)O)c1N. The van der Waals surface area contributed by atoms with Gasteiger partial charge in [-0.05, 0) is 30.3 Å². The van der Waals surface area contributed by atoms with Crippen LogP contribution in [0, 0.1) is 11.3 Å². The van der Waals surface area contributed by atoms with Gasteiger partial charge in [-0.25, -0.2) is 4.79 Å². The molecule has 0 spiro atoms. The van der Waals surface area contributed by atoms with Gasteiger partial charge in [0.1, 0.15) is 0 Å². The molecule has 0 saturated carbocycles. The zero-order valence-electron chi connectivity index (χ0n) is 10.9. The van der Waals surface area contributed by atoms with E-state index in [-0.39, 0.29) is 11.3 Å². The van der Waals surface area contributed by atoms with Crippen LogP contribution in [0.25, 0.3) is 0 Å². The number of nitrogen functional groups attached to an aromatic ring is 1. The molecule has 0 aliphatic heterocycles. The van der Waals surface area contributed by atoms with E-state index >= 15 is 0 Å². The van der Waals surface area contributed by atoms with Gasteiger partial charge in [-0.15, -0.1) is 0 Å². The van der Waals surface area contributed by atoms with Crippen molar-refractivity contribution in [2.45, 2.75) is 0 Å². The van der Waals surface area contributed by atoms with Gasteiger partial charge >= 0.3 is 5.97 Å². The van der Waals surface area contributed by atoms with E-state index in [0.717, 1.165) is 5.69 Å². The number of nitrogens with two attached hydrogens (primary N) is 1. The van der Waals surface area contributed by atoms with Crippen LogP contribution in [0.2, 0.25) is 0 Å². The van der Waals surface area contributed by atoms with Crippen molar-refractivity contribution in [2.75, 3.05) is 17.7 Å². The second kappa shape index (κ2) is 5.33. The maximum atomic E-state index is 11.1. The van der Waals surface area contributed by atoms with E-state index in [1.54, 1.807) is 42.3 Å². The molecule has 5 nitrogen and oxygen atoms in total. The third-order valence-corrected chi connectivity index (χ3v) is 3.04. The molecule has 100 valence electrons. The average molecular weight is 267 g/mol. The number of benzene rings is 2. The molecule has 0 aliphatic carbocycles. The molecule has 20 heavy (non-hydrogen) atoms. The fourth-order valence-electron chi connectivity index (χ4n) is 1.96. The fraction of sp³-hybridized carbons (Fsp3) is 0.0667. The standard InChI is InChI=1S/C15H13N3O2/c1-18(11-5-2-4-10(8-11)9-16)13-7-3-6-12(14(13)17)15(19)20/h2-8H,17H2,1H3,(H,19,20). The van der Waals surface area contributed by atoms with Gasteiger partial charge in [0.05, 0.1) is 28.6 Å². The molecular formula is C15H13N3O2. The van der Waals surface area contributed by atoms with Crippen LogP contribution in [0.3, 0.4) is 0 Å². The molecule has 5 heteroatoms. The Balaban J connectivity index is 2.48. The summed E-state index contributed by atoms with van der Waals surface area (Å²) in [5, 5.41) is 18.0. The summed E-state index contributed by atoms with van der Waals surface area (Å²) in [6, 6.07) is 13.9. The molecule has 0 fully saturated rings. The molecule has 0 bridgehead atoms. The predicted octanol–water partition coefficient (Wildman–Crippen LogP) is 2.61. The van der Waals surface area contributed by atoms with E-state index in [9.17, 15) is 4.79 Å². The van der Waals surface area contributed by atoms with Crippen LogP contribution in [-0.2, 0) is 0 Å². The number of nitrogens with zero attached hydrogens (tertiary/aromatic N) is 2. The Labute approximate surface area is 116 Å². The van der Waals surface area contributed by atoms with Crippen LogP contribution in [0.5, 0.6) is 0 Å². The first-order chi connectivity index (χ1) is 9.54. The number of aromatic carboxylic acids is 1. The molecule has 0 aromatic heterocycles. The molecule has 0 aliphatic rings. The summed E-state index contributed by atoms with van der Waals surface area (Å²) in [4.78, 5) is 12.8. The summed E-state index contributed by atoms with van der Waals surface area (Å²) < 4.78 is 0. The summed E-state index contributed by atoms with van der Waals surface area (Å²) >= 11 is 0. The lowest BCUT2D eigenvalue weighted by Gasteiger charge is -2.22. The van der Waals surface area contributed by atoms with Gasteiger partial charge in [0.25, 0.3) is 0 Å². The smallest absolute Gasteiger partial charge is 0.337 e. The van der Waals surface area contributed by atoms with E-state index in [1.807, 2.05) is 6.07 Å². The number of carbonyl (C=O) groups is 1. The Hall–Kier alpha value is -3.00. The van der Waals surface area contributed by atoms with Gasteiger partial charge in [0.2, 0.25) is 0 Å². The molecule has 0 atom stereocenters. The Morgan fingerprint density at radius 1 is 1.30 bits per heavy atom. The molecule has 3 N–H and O–H groups in total. The van der Waals surface area contributed by atoms with Crippen molar-refractivity contribution in [3.8, 4) is 6.07 Å². The largest absolute Gasteiger partial charge is 0.478 e. The van der Waals surface area contributed by atoms with Crippen LogP contribution >= 0.6 is 0 Å². The quantitative estimate of drug-likeness (QED) is 0.834. The molecule has 0 unspecified atom stereocenters. The monoisotopic (exact) mass is 267 g/mol. The number of rotatable bonds is 3. The molecule has 2 rings (SSSR count). The number of para-hydroxylation sites is 1. The van der Waals surface area contributed by atoms with Crippen LogP contribution in [0.1, 0.15) is 15.9 Å². The molecule has 0 saturated heterocycles. The Kier molecular flexibility index (Phi) is 3.58. The van der Waals surface area contributed by atoms with Crippen LogP contribution < -0.4 is 10.6 Å². The lowest BCUT2D eigenvalue weighted by Crippen LogP contribution is -2.14. The zero-order valence-corrected chi connectivity index (χ0v) is 10.9. The number of carboxylic acids is 1. The van der Waals surface area contributed by atoms with Gasteiger partial charge in [-0.2, -0.15) is 5.26 Å². The van der Waals surface area contributed by atoms with E-state index in [0.29, 0.717) is 11.3 Å². The molecule has 2 aromatic carbocycles. The number of hydrogen-bond donors (Lipinski definition) is 2. The van der Waals surface area contributed by atoms with E-state index in [1.165, 1.54) is 6.07 Å². The van der Waals surface area contributed by atoms with Crippen molar-refractivity contribution < 1.29 is 9.90 Å². The van der Waals surface area contributed by atoms with E-state index in [4.69, 9.17) is 16.1 Å². The highest BCUT2D eigenvalue weighted by Crippen LogP contribution is 2.31. The topological polar surface area (TPSA) is 90.3 Å². The summed E-state index contributed by atoms with van der Waals surface area (Å²) in [6.45, 7) is 0. The Bertz CT molecular complexity index is 705. The molecule has 0 radical (unpaired) electrons. The lowest BCUT2D eigenvalue weighted by molar-refractivity contribution is 0.0698. The third kappa shape index (κ3) is 2.40. The normalized spacial score (nSPS) is 9.80. The minimum atomic E-state index is -1.07. The maximum Gasteiger partial charge on any atom is 0.337 e. The Morgan fingerprint density at radius 3 is 2.65 bits per heavy atom. The van der Waals surface area contributed by atoms with Crippen LogP contribution in [-0.4, -0.2) is 18.1 Å². The van der Waals surface area contributed by atoms with Crippen molar-refractivity contribution in [3.05, 3.63) is 53.6 Å². The molecule has 0 amide bonds. The van der Waals surface area contributed by atoms with Crippen molar-refractivity contribution in [1.82, 2.24) is 0 Å². The first kappa shape index (κ1) is 13.4. The lowest BCUT2D eigenvalue weighted by atomic mass is 10.1. The van der Waals surface area contributed by atoms with Gasteiger partial charge in [0.15, 0.2) is 0 Å². The number of anilines is 3. The van der Waals surface area contributed by atoms with Gasteiger partial charge < -0.3 is 15.7 Å². The molecule has 0 heterocycles. The highest BCUT2D eigenvalue weighted by atomic mass is 16.4. The highest BCUT2D eigenvalue weighted by molar-refractivity contribution is 5.97. The molecule has 2 aromatic rings. The second-order valence-electron chi connectivity index (χ2n) is 4.26. The number of nitriles is 1. The van der Waals surface area contributed by atoms with E-state index < -0.39 is 5.97 Å². The second-order valence-corrected chi connectivity index (χ2v) is 4.26. The highest BCUT2D eigenvalue weighted by Gasteiger charge is 2.14. The maximum absolute atomic E-state index is 11.1. The minimum Gasteiger partial charge on any atom is -0.478 e. The Morgan fingerprint density at radius 2 is 2.00 bits per heavy atom. The van der Waals surface area contributed by atoms with Gasteiger partial charge in [-0.3, -0.25) is 0 Å². The van der Waals surface area contributed by atoms with Crippen molar-refractivity contribution in [3.63, 3.8) is 0 Å². The van der Waals surface area contributed by atoms with Gasteiger partial charge in [-0.1, -0.05) is 12.1 Å². The van der Waals surface area contributed by atoms with Crippen molar-refractivity contribution in [1.29, 1.82) is 5.26 Å². The zero-order chi connectivity index (χ0) is 14.7. The summed E-state index contributed by atoms with van der Waals surface area (Å²) in [7, 11) is 1.77.